The minimum atomic E-state index is 0.505. The van der Waals surface area contributed by atoms with Crippen molar-refractivity contribution in [2.45, 2.75) is 17.8 Å². The molecular weight excluding hydrogens is 320 g/mol. The summed E-state index contributed by atoms with van der Waals surface area (Å²) in [6, 6.07) is 9.70. The highest BCUT2D eigenvalue weighted by atomic mass is 35.5. The molecule has 0 fully saturated rings. The van der Waals surface area contributed by atoms with E-state index in [-0.39, 0.29) is 0 Å². The molecule has 0 amide bonds. The van der Waals surface area contributed by atoms with Crippen molar-refractivity contribution in [1.29, 1.82) is 0 Å². The van der Waals surface area contributed by atoms with Crippen molar-refractivity contribution in [2.24, 2.45) is 0 Å². The molecule has 0 radical (unpaired) electrons. The van der Waals surface area contributed by atoms with Gasteiger partial charge in [-0.05, 0) is 25.1 Å². The average Bonchev–Trinajstić information content (AvgIpc) is 3.07. The average molecular weight is 331 g/mol. The predicted molar refractivity (Wildman–Crippen MR) is 86.2 cm³/mol. The number of hydrogen-bond acceptors (Lipinski definition) is 5. The van der Waals surface area contributed by atoms with Crippen molar-refractivity contribution in [3.8, 4) is 0 Å². The van der Waals surface area contributed by atoms with E-state index in [1.54, 1.807) is 6.07 Å². The van der Waals surface area contributed by atoms with Gasteiger partial charge >= 0.3 is 0 Å². The minimum absolute atomic E-state index is 0.505. The van der Waals surface area contributed by atoms with Gasteiger partial charge in [0.2, 0.25) is 5.16 Å². The van der Waals surface area contributed by atoms with Crippen LogP contribution in [0.2, 0.25) is 5.15 Å². The van der Waals surface area contributed by atoms with Gasteiger partial charge in [0.15, 0.2) is 0 Å². The summed E-state index contributed by atoms with van der Waals surface area (Å²) in [7, 11) is 0. The molecule has 1 N–H and O–H groups in total. The van der Waals surface area contributed by atoms with Crippen LogP contribution in [0.3, 0.4) is 0 Å². The molecule has 110 valence electrons. The maximum absolute atomic E-state index is 6.14. The van der Waals surface area contributed by atoms with E-state index in [4.69, 9.17) is 11.6 Å². The summed E-state index contributed by atoms with van der Waals surface area (Å²) in [4.78, 5) is 16.5. The summed E-state index contributed by atoms with van der Waals surface area (Å²) in [6.07, 6.45) is 0. The molecule has 0 bridgehead atoms. The second-order valence-corrected chi connectivity index (χ2v) is 6.15. The Balaban J connectivity index is 1.59. The Morgan fingerprint density at radius 2 is 2.09 bits per heavy atom. The van der Waals surface area contributed by atoms with Crippen LogP contribution in [0.5, 0.6) is 0 Å². The highest BCUT2D eigenvalue weighted by Gasteiger charge is 2.10. The summed E-state index contributed by atoms with van der Waals surface area (Å²) in [5.74, 6) is 2.06. The second-order valence-electron chi connectivity index (χ2n) is 4.82. The minimum Gasteiger partial charge on any atom is -0.341 e. The van der Waals surface area contributed by atoms with Crippen LogP contribution in [0.25, 0.3) is 16.8 Å². The fraction of sp³-hybridized carbons (Fsp3) is 0.143. The molecule has 22 heavy (non-hydrogen) atoms. The fourth-order valence-electron chi connectivity index (χ4n) is 2.19. The van der Waals surface area contributed by atoms with Crippen LogP contribution >= 0.6 is 23.4 Å². The van der Waals surface area contributed by atoms with Crippen LogP contribution in [-0.4, -0.2) is 29.5 Å². The first-order valence-electron chi connectivity index (χ1n) is 6.65. The molecule has 3 heterocycles. The van der Waals surface area contributed by atoms with E-state index in [0.29, 0.717) is 21.8 Å². The quantitative estimate of drug-likeness (QED) is 0.461. The Kier molecular flexibility index (Phi) is 3.24. The third-order valence-electron chi connectivity index (χ3n) is 3.15. The van der Waals surface area contributed by atoms with E-state index in [1.807, 2.05) is 31.2 Å². The zero-order chi connectivity index (χ0) is 15.1. The van der Waals surface area contributed by atoms with Gasteiger partial charge in [-0.15, -0.1) is 5.10 Å². The van der Waals surface area contributed by atoms with Gasteiger partial charge in [0, 0.05) is 5.69 Å². The lowest BCUT2D eigenvalue weighted by atomic mass is 10.3. The molecule has 0 unspecified atom stereocenters. The number of rotatable bonds is 3. The van der Waals surface area contributed by atoms with Crippen molar-refractivity contribution in [3.05, 3.63) is 47.0 Å². The number of nitrogens with zero attached hydrogens (tertiary/aromatic N) is 5. The molecule has 8 heteroatoms. The zero-order valence-corrected chi connectivity index (χ0v) is 13.2. The maximum atomic E-state index is 6.14. The van der Waals surface area contributed by atoms with Gasteiger partial charge in [0.1, 0.15) is 11.0 Å². The molecule has 0 saturated carbocycles. The van der Waals surface area contributed by atoms with E-state index in [1.165, 1.54) is 16.3 Å². The number of para-hydroxylation sites is 2. The largest absolute Gasteiger partial charge is 0.341 e. The Morgan fingerprint density at radius 3 is 2.95 bits per heavy atom. The molecule has 4 rings (SSSR count). The fourth-order valence-corrected chi connectivity index (χ4v) is 3.15. The van der Waals surface area contributed by atoms with Gasteiger partial charge in [-0.25, -0.2) is 9.97 Å². The number of imidazole rings is 1. The van der Waals surface area contributed by atoms with E-state index >= 15 is 0 Å². The van der Waals surface area contributed by atoms with Gasteiger partial charge in [-0.3, -0.25) is 0 Å². The number of thioether (sulfide) groups is 1. The number of aromatic nitrogens is 6. The van der Waals surface area contributed by atoms with E-state index in [9.17, 15) is 0 Å². The maximum Gasteiger partial charge on any atom is 0.254 e. The third-order valence-corrected chi connectivity index (χ3v) is 4.27. The number of H-pyrrole nitrogens is 1. The van der Waals surface area contributed by atoms with E-state index < -0.39 is 0 Å². The van der Waals surface area contributed by atoms with Gasteiger partial charge in [0.25, 0.3) is 5.78 Å². The number of aryl methyl sites for hydroxylation is 1. The number of halogens is 1. The number of aromatic amines is 1. The first-order valence-corrected chi connectivity index (χ1v) is 8.02. The monoisotopic (exact) mass is 330 g/mol. The summed E-state index contributed by atoms with van der Waals surface area (Å²) in [5, 5.41) is 5.49. The number of benzene rings is 1. The molecule has 0 aliphatic carbocycles. The Bertz CT molecular complexity index is 943. The lowest BCUT2D eigenvalue weighted by Crippen LogP contribution is -1.94. The molecule has 4 aromatic rings. The molecule has 0 atom stereocenters. The normalized spacial score (nSPS) is 11.5. The summed E-state index contributed by atoms with van der Waals surface area (Å²) >= 11 is 7.63. The molecule has 3 aromatic heterocycles. The number of nitrogens with one attached hydrogen (secondary N) is 1. The third kappa shape index (κ3) is 2.42. The van der Waals surface area contributed by atoms with Crippen molar-refractivity contribution in [2.75, 3.05) is 0 Å². The highest BCUT2D eigenvalue weighted by Crippen LogP contribution is 2.21. The second kappa shape index (κ2) is 5.26. The number of hydrogen-bond donors (Lipinski definition) is 1. The molecule has 1 aromatic carbocycles. The SMILES string of the molecule is Cc1cc(Cl)n2nc(SCc3nc4ccccc4[nH]3)nc2n1. The summed E-state index contributed by atoms with van der Waals surface area (Å²) in [6.45, 7) is 1.88. The lowest BCUT2D eigenvalue weighted by Gasteiger charge is -1.95. The standard InChI is InChI=1S/C14H11ClN6S/c1-8-6-11(15)21-13(16-8)19-14(20-21)22-7-12-17-9-4-2-3-5-10(9)18-12/h2-6H,7H2,1H3,(H,17,18). The van der Waals surface area contributed by atoms with Crippen molar-refractivity contribution < 1.29 is 0 Å². The van der Waals surface area contributed by atoms with Crippen LogP contribution < -0.4 is 0 Å². The smallest absolute Gasteiger partial charge is 0.254 e. The van der Waals surface area contributed by atoms with Crippen molar-refractivity contribution >= 4 is 40.2 Å². The molecule has 0 spiro atoms. The molecule has 0 saturated heterocycles. The van der Waals surface area contributed by atoms with Crippen molar-refractivity contribution in [1.82, 2.24) is 29.5 Å². The van der Waals surface area contributed by atoms with Gasteiger partial charge in [-0.2, -0.15) is 9.50 Å². The number of fused-ring (bicyclic) bond motifs is 2. The lowest BCUT2D eigenvalue weighted by molar-refractivity contribution is 0.875. The Hall–Kier alpha value is -2.12. The van der Waals surface area contributed by atoms with Crippen LogP contribution in [0.4, 0.5) is 0 Å². The first-order chi connectivity index (χ1) is 10.7. The van der Waals surface area contributed by atoms with Crippen molar-refractivity contribution in [3.63, 3.8) is 0 Å². The van der Waals surface area contributed by atoms with E-state index in [2.05, 4.69) is 25.0 Å². The summed E-state index contributed by atoms with van der Waals surface area (Å²) < 4.78 is 1.54. The zero-order valence-electron chi connectivity index (χ0n) is 11.6. The van der Waals surface area contributed by atoms with E-state index in [0.717, 1.165) is 22.6 Å². The van der Waals surface area contributed by atoms with Crippen LogP contribution in [0, 0.1) is 6.92 Å². The Morgan fingerprint density at radius 1 is 1.23 bits per heavy atom. The summed E-state index contributed by atoms with van der Waals surface area (Å²) in [5.41, 5.74) is 2.81. The van der Waals surface area contributed by atoms with Gasteiger partial charge in [-0.1, -0.05) is 35.5 Å². The molecule has 0 aliphatic heterocycles. The Labute approximate surface area is 135 Å². The van der Waals surface area contributed by atoms with Gasteiger partial charge < -0.3 is 4.98 Å². The molecular formula is C14H11ClN6S. The van der Waals surface area contributed by atoms with Crippen LogP contribution in [0.1, 0.15) is 11.5 Å². The molecule has 0 aliphatic rings. The molecule has 6 nitrogen and oxygen atoms in total. The first kappa shape index (κ1) is 13.5. The van der Waals surface area contributed by atoms with Crippen LogP contribution in [-0.2, 0) is 5.75 Å². The van der Waals surface area contributed by atoms with Gasteiger partial charge in [0.05, 0.1) is 16.8 Å². The van der Waals surface area contributed by atoms with Crippen LogP contribution in [0.15, 0.2) is 35.5 Å². The topological polar surface area (TPSA) is 71.8 Å². The highest BCUT2D eigenvalue weighted by molar-refractivity contribution is 7.98. The predicted octanol–water partition coefficient (Wildman–Crippen LogP) is 3.25.